The normalized spacial score (nSPS) is 18.7. The summed E-state index contributed by atoms with van der Waals surface area (Å²) >= 11 is 13.0. The molecule has 0 aromatic heterocycles. The van der Waals surface area contributed by atoms with Crippen LogP contribution in [0.2, 0.25) is 0 Å². The molecule has 2 saturated heterocycles. The van der Waals surface area contributed by atoms with Crippen LogP contribution in [0.25, 0.3) is 0 Å². The molecule has 2 heterocycles. The third-order valence-electron chi connectivity index (χ3n) is 4.89. The summed E-state index contributed by atoms with van der Waals surface area (Å²) < 4.78 is 10.1. The smallest absolute Gasteiger partial charge is 0.305 e. The van der Waals surface area contributed by atoms with Crippen molar-refractivity contribution in [3.05, 3.63) is 9.81 Å². The van der Waals surface area contributed by atoms with Gasteiger partial charge in [-0.05, 0) is 25.7 Å². The Morgan fingerprint density at radius 1 is 0.719 bits per heavy atom. The molecule has 2 rings (SSSR count). The highest BCUT2D eigenvalue weighted by Crippen LogP contribution is 2.42. The molecule has 0 aromatic rings. The van der Waals surface area contributed by atoms with Gasteiger partial charge in [0.05, 0.1) is 24.0 Å². The van der Waals surface area contributed by atoms with Crippen LogP contribution in [0.5, 0.6) is 0 Å². The van der Waals surface area contributed by atoms with E-state index in [4.69, 9.17) is 24.4 Å². The van der Waals surface area contributed by atoms with Crippen LogP contribution in [-0.2, 0) is 28.7 Å². The van der Waals surface area contributed by atoms with Gasteiger partial charge in [0.25, 0.3) is 11.8 Å². The molecule has 2 amide bonds. The molecule has 0 saturated carbocycles. The van der Waals surface area contributed by atoms with Crippen molar-refractivity contribution in [1.29, 1.82) is 0 Å². The van der Waals surface area contributed by atoms with Crippen molar-refractivity contribution in [3.8, 4) is 0 Å². The zero-order chi connectivity index (χ0) is 23.7. The molecule has 2 fully saturated rings. The summed E-state index contributed by atoms with van der Waals surface area (Å²) in [5.74, 6) is -1.04. The predicted molar refractivity (Wildman–Crippen MR) is 132 cm³/mol. The molecule has 0 N–H and O–H groups in total. The number of thiocarbonyl (C=S) groups is 2. The van der Waals surface area contributed by atoms with Crippen LogP contribution in [0.1, 0.15) is 51.4 Å². The number of amides is 2. The third kappa shape index (κ3) is 7.26. The summed E-state index contributed by atoms with van der Waals surface area (Å²) in [5.41, 5.74) is 0. The molecule has 12 heteroatoms. The average Bonchev–Trinajstić information content (AvgIpc) is 3.21. The summed E-state index contributed by atoms with van der Waals surface area (Å²) in [4.78, 5) is 51.8. The molecular formula is C20H26N2O6S4. The van der Waals surface area contributed by atoms with Gasteiger partial charge < -0.3 is 9.47 Å². The van der Waals surface area contributed by atoms with Crippen LogP contribution in [0, 0.1) is 0 Å². The number of ether oxygens (including phenoxy) is 2. The highest BCUT2D eigenvalue weighted by molar-refractivity contribution is 8.29. The Morgan fingerprint density at radius 3 is 1.44 bits per heavy atom. The van der Waals surface area contributed by atoms with Crippen LogP contribution >= 0.6 is 48.0 Å². The number of carbonyl (C=O) groups is 4. The zero-order valence-electron chi connectivity index (χ0n) is 18.0. The van der Waals surface area contributed by atoms with Gasteiger partial charge >= 0.3 is 11.9 Å². The SMILES string of the molecule is COC(=O)CCCCCN1C(=O)C(=C2SC(=S)N(CCCCCC(=O)OC)C2=O)SC1=S. The number of unbranched alkanes of at least 4 members (excludes halogenated alkanes) is 4. The second-order valence-corrected chi connectivity index (χ2v) is 10.4. The summed E-state index contributed by atoms with van der Waals surface area (Å²) in [7, 11) is 2.71. The highest BCUT2D eigenvalue weighted by Gasteiger charge is 2.41. The minimum absolute atomic E-state index is 0.249. The van der Waals surface area contributed by atoms with Gasteiger partial charge in [-0.2, -0.15) is 0 Å². The average molecular weight is 519 g/mol. The lowest BCUT2D eigenvalue weighted by molar-refractivity contribution is -0.141. The zero-order valence-corrected chi connectivity index (χ0v) is 21.3. The van der Waals surface area contributed by atoms with Crippen molar-refractivity contribution < 1.29 is 28.7 Å². The lowest BCUT2D eigenvalue weighted by Gasteiger charge is -2.14. The van der Waals surface area contributed by atoms with E-state index in [2.05, 4.69) is 9.47 Å². The van der Waals surface area contributed by atoms with E-state index in [1.807, 2.05) is 0 Å². The van der Waals surface area contributed by atoms with E-state index >= 15 is 0 Å². The van der Waals surface area contributed by atoms with E-state index in [-0.39, 0.29) is 23.8 Å². The van der Waals surface area contributed by atoms with Crippen molar-refractivity contribution in [3.63, 3.8) is 0 Å². The molecule has 0 atom stereocenters. The third-order valence-corrected chi connectivity index (χ3v) is 7.91. The fourth-order valence-electron chi connectivity index (χ4n) is 3.09. The number of methoxy groups -OCH3 is 2. The van der Waals surface area contributed by atoms with Gasteiger partial charge in [-0.1, -0.05) is 60.8 Å². The van der Waals surface area contributed by atoms with Gasteiger partial charge in [0.15, 0.2) is 0 Å². The number of esters is 2. The summed E-state index contributed by atoms with van der Waals surface area (Å²) in [6, 6.07) is 0. The van der Waals surface area contributed by atoms with Crippen LogP contribution in [0.15, 0.2) is 9.81 Å². The Labute approximate surface area is 206 Å². The second kappa shape index (κ2) is 13.3. The van der Waals surface area contributed by atoms with Gasteiger partial charge in [-0.25, -0.2) is 0 Å². The molecule has 2 aliphatic rings. The summed E-state index contributed by atoms with van der Waals surface area (Å²) in [6.45, 7) is 0.881. The lowest BCUT2D eigenvalue weighted by atomic mass is 10.2. The molecule has 32 heavy (non-hydrogen) atoms. The van der Waals surface area contributed by atoms with E-state index in [1.54, 1.807) is 0 Å². The lowest BCUT2D eigenvalue weighted by Crippen LogP contribution is -2.31. The van der Waals surface area contributed by atoms with Crippen molar-refractivity contribution in [2.75, 3.05) is 27.3 Å². The Bertz CT molecular complexity index is 763. The quantitative estimate of drug-likeness (QED) is 0.166. The summed E-state index contributed by atoms with van der Waals surface area (Å²) in [5, 5.41) is 0. The standard InChI is InChI=1S/C20H26N2O6S4/c1-27-13(23)9-5-3-7-11-21-17(25)15(31-19(21)29)16-18(26)22(20(30)32-16)12-8-4-6-10-14(24)28-2/h3-12H2,1-2H3. The van der Waals surface area contributed by atoms with E-state index in [0.29, 0.717) is 70.1 Å². The molecule has 0 bridgehead atoms. The maximum Gasteiger partial charge on any atom is 0.305 e. The van der Waals surface area contributed by atoms with E-state index in [0.717, 1.165) is 36.4 Å². The first-order valence-corrected chi connectivity index (χ1v) is 12.7. The molecule has 0 aliphatic carbocycles. The molecule has 8 nitrogen and oxygen atoms in total. The van der Waals surface area contributed by atoms with Crippen LogP contribution in [0.4, 0.5) is 0 Å². The van der Waals surface area contributed by atoms with E-state index < -0.39 is 0 Å². The first-order chi connectivity index (χ1) is 15.3. The first kappa shape index (κ1) is 26.7. The van der Waals surface area contributed by atoms with Gasteiger partial charge in [0, 0.05) is 25.9 Å². The Balaban J connectivity index is 1.88. The van der Waals surface area contributed by atoms with Crippen molar-refractivity contribution >= 4 is 80.4 Å². The van der Waals surface area contributed by atoms with E-state index in [1.165, 1.54) is 24.0 Å². The molecule has 0 spiro atoms. The van der Waals surface area contributed by atoms with Crippen LogP contribution < -0.4 is 0 Å². The maximum atomic E-state index is 12.9. The molecule has 0 radical (unpaired) electrons. The van der Waals surface area contributed by atoms with Crippen molar-refractivity contribution in [2.24, 2.45) is 0 Å². The number of hydrogen-bond acceptors (Lipinski definition) is 10. The topological polar surface area (TPSA) is 93.2 Å². The minimum atomic E-state index is -0.272. The Hall–Kier alpha value is -1.50. The molecule has 0 unspecified atom stereocenters. The number of nitrogens with zero attached hydrogens (tertiary/aromatic N) is 2. The molecule has 0 aromatic carbocycles. The Kier molecular flexibility index (Phi) is 11.1. The van der Waals surface area contributed by atoms with Gasteiger partial charge in [0.2, 0.25) is 0 Å². The van der Waals surface area contributed by atoms with Gasteiger partial charge in [-0.3, -0.25) is 29.0 Å². The number of hydrogen-bond donors (Lipinski definition) is 0. The molecule has 2 aliphatic heterocycles. The first-order valence-electron chi connectivity index (χ1n) is 10.2. The Morgan fingerprint density at radius 2 is 1.09 bits per heavy atom. The fourth-order valence-corrected chi connectivity index (χ4v) is 5.86. The minimum Gasteiger partial charge on any atom is -0.469 e. The number of carbonyl (C=O) groups excluding carboxylic acids is 4. The van der Waals surface area contributed by atoms with Gasteiger partial charge in [-0.15, -0.1) is 0 Å². The fraction of sp³-hybridized carbons (Fsp3) is 0.600. The van der Waals surface area contributed by atoms with Crippen LogP contribution in [0.3, 0.4) is 0 Å². The summed E-state index contributed by atoms with van der Waals surface area (Å²) in [6.07, 6.45) is 4.98. The second-order valence-electron chi connectivity index (χ2n) is 7.08. The van der Waals surface area contributed by atoms with Gasteiger partial charge in [0.1, 0.15) is 8.64 Å². The molecule has 176 valence electrons. The highest BCUT2D eigenvalue weighted by atomic mass is 32.2. The number of rotatable bonds is 12. The van der Waals surface area contributed by atoms with Crippen LogP contribution in [-0.4, -0.2) is 69.5 Å². The largest absolute Gasteiger partial charge is 0.469 e. The molecular weight excluding hydrogens is 492 g/mol. The maximum absolute atomic E-state index is 12.9. The van der Waals surface area contributed by atoms with E-state index in [9.17, 15) is 19.2 Å². The predicted octanol–water partition coefficient (Wildman–Crippen LogP) is 3.39. The van der Waals surface area contributed by atoms with Crippen molar-refractivity contribution in [2.45, 2.75) is 51.4 Å². The monoisotopic (exact) mass is 518 g/mol. The number of thioether (sulfide) groups is 2. The van der Waals surface area contributed by atoms with Crippen molar-refractivity contribution in [1.82, 2.24) is 9.80 Å².